The number of aryl methyl sites for hydroxylation is 1. The molecule has 1 aromatic carbocycles. The van der Waals surface area contributed by atoms with E-state index < -0.39 is 4.92 Å². The van der Waals surface area contributed by atoms with Gasteiger partial charge in [0.25, 0.3) is 11.6 Å². The molecule has 1 aromatic heterocycles. The van der Waals surface area contributed by atoms with E-state index in [1.54, 1.807) is 23.7 Å². The predicted octanol–water partition coefficient (Wildman–Crippen LogP) is 3.03. The third kappa shape index (κ3) is 5.67. The van der Waals surface area contributed by atoms with Crippen molar-refractivity contribution >= 4 is 23.4 Å². The van der Waals surface area contributed by atoms with Crippen LogP contribution in [-0.4, -0.2) is 56.2 Å². The van der Waals surface area contributed by atoms with Gasteiger partial charge in [0.1, 0.15) is 6.33 Å². The largest absolute Gasteiger partial charge is 0.349 e. The van der Waals surface area contributed by atoms with Gasteiger partial charge < -0.3 is 9.88 Å². The minimum absolute atomic E-state index is 0.0761. The van der Waals surface area contributed by atoms with E-state index in [1.165, 1.54) is 18.0 Å². The molecule has 0 bridgehead atoms. The van der Waals surface area contributed by atoms with E-state index in [2.05, 4.69) is 40.3 Å². The molecule has 1 N–H and O–H groups in total. The molecular formula is C20H26N6O3S. The molecule has 1 amide bonds. The summed E-state index contributed by atoms with van der Waals surface area (Å²) in [7, 11) is 1.76. The Bertz CT molecular complexity index is 946. The molecule has 0 aliphatic carbocycles. The molecule has 0 spiro atoms. The number of piperidine rings is 1. The standard InChI is InChI=1S/C20H26N6O3S/c1-14(2)6-9-25-10-7-16(8-11-25)22-19(27)15-4-5-18(17(12-15)26(28)29)30-20-23-21-13-24(20)3/h4-6,12-13,16H,7-11H2,1-3H3,(H,22,27). The molecule has 0 saturated carbocycles. The minimum atomic E-state index is -0.475. The van der Waals surface area contributed by atoms with Crippen molar-refractivity contribution in [1.82, 2.24) is 25.0 Å². The fraction of sp³-hybridized carbons (Fsp3) is 0.450. The van der Waals surface area contributed by atoms with Gasteiger partial charge in [-0.15, -0.1) is 10.2 Å². The van der Waals surface area contributed by atoms with Crippen LogP contribution in [0.3, 0.4) is 0 Å². The van der Waals surface area contributed by atoms with Crippen LogP contribution in [0.15, 0.2) is 46.2 Å². The average molecular weight is 431 g/mol. The van der Waals surface area contributed by atoms with Crippen LogP contribution in [0.1, 0.15) is 37.0 Å². The zero-order valence-corrected chi connectivity index (χ0v) is 18.2. The Kier molecular flexibility index (Phi) is 7.22. The molecular weight excluding hydrogens is 404 g/mol. The van der Waals surface area contributed by atoms with Gasteiger partial charge in [-0.3, -0.25) is 19.8 Å². The van der Waals surface area contributed by atoms with Gasteiger partial charge >= 0.3 is 0 Å². The lowest BCUT2D eigenvalue weighted by atomic mass is 10.0. The first kappa shape index (κ1) is 22.0. The summed E-state index contributed by atoms with van der Waals surface area (Å²) in [5.74, 6) is -0.281. The smallest absolute Gasteiger partial charge is 0.284 e. The topological polar surface area (TPSA) is 106 Å². The van der Waals surface area contributed by atoms with Gasteiger partial charge in [0.2, 0.25) is 0 Å². The molecule has 10 heteroatoms. The van der Waals surface area contributed by atoms with Gasteiger partial charge in [-0.2, -0.15) is 0 Å². The number of nitrogens with zero attached hydrogens (tertiary/aromatic N) is 5. The first-order chi connectivity index (χ1) is 14.3. The molecule has 2 aromatic rings. The summed E-state index contributed by atoms with van der Waals surface area (Å²) >= 11 is 1.14. The Labute approximate surface area is 179 Å². The summed E-state index contributed by atoms with van der Waals surface area (Å²) in [6, 6.07) is 4.62. The second kappa shape index (κ2) is 9.86. The molecule has 1 fully saturated rings. The SMILES string of the molecule is CC(C)=CCN1CCC(NC(=O)c2ccc(Sc3nncn3C)c([N+](=O)[O-])c2)CC1. The molecule has 0 unspecified atom stereocenters. The Morgan fingerprint density at radius 3 is 2.70 bits per heavy atom. The number of hydrogen-bond acceptors (Lipinski definition) is 7. The number of allylic oxidation sites excluding steroid dienone is 1. The molecule has 1 aliphatic heterocycles. The Morgan fingerprint density at radius 1 is 1.37 bits per heavy atom. The molecule has 1 saturated heterocycles. The molecule has 0 atom stereocenters. The Morgan fingerprint density at radius 2 is 2.10 bits per heavy atom. The van der Waals surface area contributed by atoms with Crippen molar-refractivity contribution in [1.29, 1.82) is 0 Å². The van der Waals surface area contributed by atoms with Crippen LogP contribution < -0.4 is 5.32 Å². The first-order valence-electron chi connectivity index (χ1n) is 9.80. The van der Waals surface area contributed by atoms with Gasteiger partial charge in [0.15, 0.2) is 5.16 Å². The zero-order valence-electron chi connectivity index (χ0n) is 17.4. The number of nitro benzene ring substituents is 1. The quantitative estimate of drug-likeness (QED) is 0.409. The van der Waals surface area contributed by atoms with Gasteiger partial charge in [-0.05, 0) is 50.6 Å². The summed E-state index contributed by atoms with van der Waals surface area (Å²) in [4.78, 5) is 26.5. The number of nitro groups is 1. The van der Waals surface area contributed by atoms with E-state index in [9.17, 15) is 14.9 Å². The number of hydrogen-bond donors (Lipinski definition) is 1. The van der Waals surface area contributed by atoms with E-state index in [0.717, 1.165) is 44.2 Å². The van der Waals surface area contributed by atoms with E-state index in [0.29, 0.717) is 10.1 Å². The lowest BCUT2D eigenvalue weighted by Crippen LogP contribution is -2.44. The maximum absolute atomic E-state index is 12.7. The molecule has 9 nitrogen and oxygen atoms in total. The third-order valence-corrected chi connectivity index (χ3v) is 6.09. The normalized spacial score (nSPS) is 15.0. The summed E-state index contributed by atoms with van der Waals surface area (Å²) in [5.41, 5.74) is 1.47. The maximum Gasteiger partial charge on any atom is 0.284 e. The molecule has 3 rings (SSSR count). The summed E-state index contributed by atoms with van der Waals surface area (Å²) in [5, 5.41) is 22.8. The van der Waals surface area contributed by atoms with E-state index in [-0.39, 0.29) is 23.2 Å². The highest BCUT2D eigenvalue weighted by molar-refractivity contribution is 7.99. The van der Waals surface area contributed by atoms with Crippen molar-refractivity contribution in [3.63, 3.8) is 0 Å². The molecule has 160 valence electrons. The van der Waals surface area contributed by atoms with E-state index in [4.69, 9.17) is 0 Å². The number of benzene rings is 1. The Hall–Kier alpha value is -2.72. The number of rotatable bonds is 7. The van der Waals surface area contributed by atoms with Crippen molar-refractivity contribution in [2.75, 3.05) is 19.6 Å². The minimum Gasteiger partial charge on any atom is -0.349 e. The third-order valence-electron chi connectivity index (χ3n) is 4.97. The summed E-state index contributed by atoms with van der Waals surface area (Å²) in [6.45, 7) is 6.94. The summed E-state index contributed by atoms with van der Waals surface area (Å²) in [6.07, 6.45) is 5.47. The van der Waals surface area contributed by atoms with Crippen LogP contribution in [0.25, 0.3) is 0 Å². The van der Waals surface area contributed by atoms with Crippen LogP contribution in [-0.2, 0) is 7.05 Å². The lowest BCUT2D eigenvalue weighted by Gasteiger charge is -2.31. The van der Waals surface area contributed by atoms with Gasteiger partial charge in [0, 0.05) is 44.4 Å². The van der Waals surface area contributed by atoms with Crippen molar-refractivity contribution in [3.8, 4) is 0 Å². The number of likely N-dealkylation sites (tertiary alicyclic amines) is 1. The summed E-state index contributed by atoms with van der Waals surface area (Å²) < 4.78 is 1.68. The van der Waals surface area contributed by atoms with Crippen LogP contribution in [0.2, 0.25) is 0 Å². The van der Waals surface area contributed by atoms with Crippen molar-refractivity contribution in [2.24, 2.45) is 7.05 Å². The second-order valence-electron chi connectivity index (χ2n) is 7.60. The fourth-order valence-electron chi connectivity index (χ4n) is 3.19. The second-order valence-corrected chi connectivity index (χ2v) is 8.61. The van der Waals surface area contributed by atoms with Crippen molar-refractivity contribution in [2.45, 2.75) is 42.8 Å². The van der Waals surface area contributed by atoms with Crippen LogP contribution >= 0.6 is 11.8 Å². The number of amides is 1. The molecule has 0 radical (unpaired) electrons. The zero-order chi connectivity index (χ0) is 21.7. The van der Waals surface area contributed by atoms with Gasteiger partial charge in [-0.1, -0.05) is 11.6 Å². The van der Waals surface area contributed by atoms with Crippen molar-refractivity contribution in [3.05, 3.63) is 51.9 Å². The molecule has 30 heavy (non-hydrogen) atoms. The number of carbonyl (C=O) groups excluding carboxylic acids is 1. The van der Waals surface area contributed by atoms with Crippen LogP contribution in [0, 0.1) is 10.1 Å². The number of carbonyl (C=O) groups is 1. The molecule has 1 aliphatic rings. The highest BCUT2D eigenvalue weighted by Gasteiger charge is 2.23. The lowest BCUT2D eigenvalue weighted by molar-refractivity contribution is -0.387. The maximum atomic E-state index is 12.7. The monoisotopic (exact) mass is 430 g/mol. The van der Waals surface area contributed by atoms with Crippen molar-refractivity contribution < 1.29 is 9.72 Å². The predicted molar refractivity (Wildman–Crippen MR) is 115 cm³/mol. The fourth-order valence-corrected chi connectivity index (χ4v) is 4.04. The number of nitrogens with one attached hydrogen (secondary N) is 1. The average Bonchev–Trinajstić information content (AvgIpc) is 3.12. The van der Waals surface area contributed by atoms with E-state index >= 15 is 0 Å². The Balaban J connectivity index is 1.64. The van der Waals surface area contributed by atoms with Gasteiger partial charge in [-0.25, -0.2) is 0 Å². The first-order valence-corrected chi connectivity index (χ1v) is 10.6. The highest BCUT2D eigenvalue weighted by atomic mass is 32.2. The molecule has 2 heterocycles. The van der Waals surface area contributed by atoms with E-state index in [1.807, 2.05) is 0 Å². The van der Waals surface area contributed by atoms with Crippen LogP contribution in [0.5, 0.6) is 0 Å². The van der Waals surface area contributed by atoms with Crippen LogP contribution in [0.4, 0.5) is 5.69 Å². The van der Waals surface area contributed by atoms with Gasteiger partial charge in [0.05, 0.1) is 9.82 Å². The number of aromatic nitrogens is 3. The highest BCUT2D eigenvalue weighted by Crippen LogP contribution is 2.34.